The lowest BCUT2D eigenvalue weighted by atomic mass is 10.1. The molecule has 0 fully saturated rings. The number of carbonyl (C=O) groups excluding carboxylic acids is 2. The van der Waals surface area contributed by atoms with Crippen LogP contribution in [-0.4, -0.2) is 31.6 Å². The molecule has 0 aliphatic rings. The van der Waals surface area contributed by atoms with Crippen molar-refractivity contribution in [3.8, 4) is 5.75 Å². The Labute approximate surface area is 152 Å². The number of ether oxygens (including phenoxy) is 2. The number of thiophene rings is 1. The van der Waals surface area contributed by atoms with Crippen molar-refractivity contribution < 1.29 is 19.1 Å². The Morgan fingerprint density at radius 3 is 2.72 bits per heavy atom. The first-order valence-corrected chi connectivity index (χ1v) is 9.08. The number of hydrogen-bond acceptors (Lipinski definition) is 5. The summed E-state index contributed by atoms with van der Waals surface area (Å²) in [6.45, 7) is 6.85. The van der Waals surface area contributed by atoms with E-state index in [9.17, 15) is 9.59 Å². The zero-order valence-electron chi connectivity index (χ0n) is 14.8. The molecular weight excluding hydrogens is 338 g/mol. The van der Waals surface area contributed by atoms with Crippen LogP contribution < -0.4 is 10.1 Å². The Kier molecular flexibility index (Phi) is 7.01. The fourth-order valence-corrected chi connectivity index (χ4v) is 2.90. The largest absolute Gasteiger partial charge is 0.493 e. The fourth-order valence-electron chi connectivity index (χ4n) is 2.28. The first kappa shape index (κ1) is 19.0. The van der Waals surface area contributed by atoms with Gasteiger partial charge in [0.2, 0.25) is 0 Å². The van der Waals surface area contributed by atoms with Gasteiger partial charge in [0.15, 0.2) is 6.61 Å². The van der Waals surface area contributed by atoms with E-state index in [0.717, 1.165) is 11.3 Å². The number of hydrogen-bond donors (Lipinski definition) is 1. The molecule has 0 saturated heterocycles. The third-order valence-electron chi connectivity index (χ3n) is 3.76. The monoisotopic (exact) mass is 361 g/mol. The van der Waals surface area contributed by atoms with Gasteiger partial charge in [-0.15, -0.1) is 0 Å². The highest BCUT2D eigenvalue weighted by Crippen LogP contribution is 2.23. The van der Waals surface area contributed by atoms with Gasteiger partial charge in [0.1, 0.15) is 5.75 Å². The number of rotatable bonds is 8. The third kappa shape index (κ3) is 5.90. The van der Waals surface area contributed by atoms with Crippen LogP contribution in [0.25, 0.3) is 0 Å². The van der Waals surface area contributed by atoms with Gasteiger partial charge in [0.05, 0.1) is 12.2 Å². The van der Waals surface area contributed by atoms with Crippen LogP contribution in [0, 0.1) is 20.8 Å². The van der Waals surface area contributed by atoms with E-state index < -0.39 is 5.97 Å². The molecule has 5 nitrogen and oxygen atoms in total. The summed E-state index contributed by atoms with van der Waals surface area (Å²) in [7, 11) is 0. The summed E-state index contributed by atoms with van der Waals surface area (Å²) in [5.41, 5.74) is 3.97. The Morgan fingerprint density at radius 2 is 2.00 bits per heavy atom. The van der Waals surface area contributed by atoms with Crippen LogP contribution in [-0.2, 0) is 9.53 Å². The van der Waals surface area contributed by atoms with E-state index in [2.05, 4.69) is 18.3 Å². The summed E-state index contributed by atoms with van der Waals surface area (Å²) in [4.78, 5) is 23.3. The summed E-state index contributed by atoms with van der Waals surface area (Å²) < 4.78 is 10.7. The molecule has 0 radical (unpaired) electrons. The Morgan fingerprint density at radius 1 is 1.20 bits per heavy atom. The molecule has 6 heteroatoms. The molecule has 0 unspecified atom stereocenters. The van der Waals surface area contributed by atoms with Crippen molar-refractivity contribution in [1.29, 1.82) is 0 Å². The summed E-state index contributed by atoms with van der Waals surface area (Å²) in [5, 5.41) is 6.19. The zero-order valence-corrected chi connectivity index (χ0v) is 15.6. The minimum absolute atomic E-state index is 0.272. The van der Waals surface area contributed by atoms with Crippen molar-refractivity contribution >= 4 is 23.2 Å². The van der Waals surface area contributed by atoms with Crippen molar-refractivity contribution in [3.63, 3.8) is 0 Å². The summed E-state index contributed by atoms with van der Waals surface area (Å²) in [5.74, 6) is 0.0877. The molecule has 0 bridgehead atoms. The van der Waals surface area contributed by atoms with E-state index in [1.807, 2.05) is 19.9 Å². The molecule has 1 heterocycles. The smallest absolute Gasteiger partial charge is 0.339 e. The van der Waals surface area contributed by atoms with Gasteiger partial charge in [0, 0.05) is 11.9 Å². The normalized spacial score (nSPS) is 10.4. The minimum Gasteiger partial charge on any atom is -0.493 e. The predicted octanol–water partition coefficient (Wildman–Crippen LogP) is 3.42. The van der Waals surface area contributed by atoms with Gasteiger partial charge in [-0.05, 0) is 61.4 Å². The lowest BCUT2D eigenvalue weighted by molar-refractivity contribution is -0.124. The highest BCUT2D eigenvalue weighted by molar-refractivity contribution is 7.08. The van der Waals surface area contributed by atoms with Gasteiger partial charge in [-0.25, -0.2) is 4.79 Å². The predicted molar refractivity (Wildman–Crippen MR) is 98.4 cm³/mol. The van der Waals surface area contributed by atoms with Crippen LogP contribution >= 0.6 is 11.3 Å². The van der Waals surface area contributed by atoms with E-state index >= 15 is 0 Å². The zero-order chi connectivity index (χ0) is 18.2. The standard InChI is InChI=1S/C19H23NO4S/c1-13-9-14(2)15(3)17(10-13)23-7-4-6-20-18(21)11-24-19(22)16-5-8-25-12-16/h5,8-10,12H,4,6-7,11H2,1-3H3,(H,20,21). The quantitative estimate of drug-likeness (QED) is 0.578. The fraction of sp³-hybridized carbons (Fsp3) is 0.368. The van der Waals surface area contributed by atoms with Crippen molar-refractivity contribution in [1.82, 2.24) is 5.32 Å². The SMILES string of the molecule is Cc1cc(C)c(C)c(OCCCNC(=O)COC(=O)c2ccsc2)c1. The van der Waals surface area contributed by atoms with E-state index in [-0.39, 0.29) is 12.5 Å². The lowest BCUT2D eigenvalue weighted by Gasteiger charge is -2.12. The Balaban J connectivity index is 1.63. The van der Waals surface area contributed by atoms with Crippen LogP contribution in [0.2, 0.25) is 0 Å². The van der Waals surface area contributed by atoms with E-state index in [1.54, 1.807) is 16.8 Å². The number of esters is 1. The van der Waals surface area contributed by atoms with Gasteiger partial charge in [-0.3, -0.25) is 4.79 Å². The molecule has 2 aromatic rings. The molecule has 134 valence electrons. The van der Waals surface area contributed by atoms with Crippen molar-refractivity contribution in [2.75, 3.05) is 19.8 Å². The van der Waals surface area contributed by atoms with Crippen molar-refractivity contribution in [2.45, 2.75) is 27.2 Å². The summed E-state index contributed by atoms with van der Waals surface area (Å²) >= 11 is 1.41. The maximum absolute atomic E-state index is 11.7. The van der Waals surface area contributed by atoms with Crippen LogP contribution in [0.1, 0.15) is 33.5 Å². The molecule has 0 aliphatic carbocycles. The molecule has 0 aliphatic heterocycles. The molecule has 0 spiro atoms. The third-order valence-corrected chi connectivity index (χ3v) is 4.44. The Hall–Kier alpha value is -2.34. The van der Waals surface area contributed by atoms with E-state index in [0.29, 0.717) is 25.1 Å². The number of benzene rings is 1. The lowest BCUT2D eigenvalue weighted by Crippen LogP contribution is -2.30. The molecule has 1 aromatic heterocycles. The van der Waals surface area contributed by atoms with Crippen LogP contribution in [0.15, 0.2) is 29.0 Å². The van der Waals surface area contributed by atoms with Gasteiger partial charge in [-0.1, -0.05) is 6.07 Å². The molecule has 1 aromatic carbocycles. The van der Waals surface area contributed by atoms with Gasteiger partial charge >= 0.3 is 5.97 Å². The first-order valence-electron chi connectivity index (χ1n) is 8.14. The topological polar surface area (TPSA) is 64.6 Å². The summed E-state index contributed by atoms with van der Waals surface area (Å²) in [6, 6.07) is 5.81. The van der Waals surface area contributed by atoms with Crippen LogP contribution in [0.3, 0.4) is 0 Å². The number of aryl methyl sites for hydroxylation is 2. The molecule has 0 saturated carbocycles. The second-order valence-electron chi connectivity index (χ2n) is 5.85. The maximum atomic E-state index is 11.7. The van der Waals surface area contributed by atoms with E-state index in [1.165, 1.54) is 22.5 Å². The molecular formula is C19H23NO4S. The average molecular weight is 361 g/mol. The Bertz CT molecular complexity index is 725. The van der Waals surface area contributed by atoms with Crippen LogP contribution in [0.4, 0.5) is 0 Å². The second kappa shape index (κ2) is 9.22. The highest BCUT2D eigenvalue weighted by atomic mass is 32.1. The van der Waals surface area contributed by atoms with E-state index in [4.69, 9.17) is 9.47 Å². The number of nitrogens with one attached hydrogen (secondary N) is 1. The van der Waals surface area contributed by atoms with Crippen molar-refractivity contribution in [2.24, 2.45) is 0 Å². The van der Waals surface area contributed by atoms with Gasteiger partial charge in [0.25, 0.3) is 5.91 Å². The molecule has 2 rings (SSSR count). The number of carbonyl (C=O) groups is 2. The van der Waals surface area contributed by atoms with Gasteiger partial charge < -0.3 is 14.8 Å². The molecule has 25 heavy (non-hydrogen) atoms. The van der Waals surface area contributed by atoms with Gasteiger partial charge in [-0.2, -0.15) is 11.3 Å². The summed E-state index contributed by atoms with van der Waals surface area (Å²) in [6.07, 6.45) is 0.677. The van der Waals surface area contributed by atoms with Crippen LogP contribution in [0.5, 0.6) is 5.75 Å². The highest BCUT2D eigenvalue weighted by Gasteiger charge is 2.10. The molecule has 0 atom stereocenters. The average Bonchev–Trinajstić information content (AvgIpc) is 3.11. The second-order valence-corrected chi connectivity index (χ2v) is 6.63. The van der Waals surface area contributed by atoms with Crippen molar-refractivity contribution in [3.05, 3.63) is 51.2 Å². The number of amides is 1. The minimum atomic E-state index is -0.481. The molecule has 1 N–H and O–H groups in total. The first-order chi connectivity index (χ1) is 12.0. The maximum Gasteiger partial charge on any atom is 0.339 e. The molecule has 1 amide bonds.